The first-order valence-electron chi connectivity index (χ1n) is 19.5. The average Bonchev–Trinajstić information content (AvgIpc) is 3.79. The van der Waals surface area contributed by atoms with Crippen molar-refractivity contribution in [2.45, 2.75) is 23.1 Å². The van der Waals surface area contributed by atoms with Gasteiger partial charge in [0.2, 0.25) is 0 Å². The fraction of sp³-hybridized carbons (Fsp3) is 0.146. The summed E-state index contributed by atoms with van der Waals surface area (Å²) in [6.07, 6.45) is 0.827. The topological polar surface area (TPSA) is 122 Å². The number of nitrogens with zero attached hydrogens (tertiary/aromatic N) is 3. The van der Waals surface area contributed by atoms with E-state index in [-0.39, 0.29) is 23.7 Å². The fourth-order valence-corrected chi connectivity index (χ4v) is 10.6. The molecule has 0 saturated carbocycles. The van der Waals surface area contributed by atoms with Crippen LogP contribution >= 0.6 is 45.7 Å². The van der Waals surface area contributed by atoms with Crippen LogP contribution in [0.1, 0.15) is 39.6 Å². The molecule has 6 aromatic rings. The summed E-state index contributed by atoms with van der Waals surface area (Å²) in [7, 11) is 0. The number of carbonyl (C=O) groups is 3. The molecular formula is C48H40IN5O5S2. The van der Waals surface area contributed by atoms with Crippen LogP contribution in [0.2, 0.25) is 0 Å². The molecule has 13 heteroatoms. The Hall–Kier alpha value is -6.03. The number of ether oxygens (including phenoxy) is 1. The van der Waals surface area contributed by atoms with Gasteiger partial charge < -0.3 is 20.2 Å². The van der Waals surface area contributed by atoms with Crippen LogP contribution in [0.5, 0.6) is 0 Å². The summed E-state index contributed by atoms with van der Waals surface area (Å²) in [5.41, 5.74) is 4.84. The Bertz CT molecular complexity index is 2420. The molecule has 2 aliphatic rings. The Labute approximate surface area is 375 Å². The maximum Gasteiger partial charge on any atom is 0.356 e. The summed E-state index contributed by atoms with van der Waals surface area (Å²) in [4.78, 5) is 54.3. The maximum atomic E-state index is 14.2. The Morgan fingerprint density at radius 1 is 0.852 bits per heavy atom. The third-order valence-corrected chi connectivity index (χ3v) is 13.4. The molecule has 0 spiro atoms. The number of carbonyl (C=O) groups excluding carboxylic acids is 3. The minimum absolute atomic E-state index is 0.0437. The summed E-state index contributed by atoms with van der Waals surface area (Å²) < 4.78 is 6.75. The zero-order valence-electron chi connectivity index (χ0n) is 32.7. The Kier molecular flexibility index (Phi) is 13.1. The van der Waals surface area contributed by atoms with Crippen LogP contribution in [0, 0.1) is 0 Å². The van der Waals surface area contributed by atoms with E-state index in [0.29, 0.717) is 15.3 Å². The van der Waals surface area contributed by atoms with Crippen molar-refractivity contribution in [2.75, 3.05) is 22.1 Å². The molecule has 0 radical (unpaired) electrons. The summed E-state index contributed by atoms with van der Waals surface area (Å²) in [6.45, 7) is 3.75. The van der Waals surface area contributed by atoms with E-state index < -0.39 is 40.8 Å². The molecule has 5 aromatic carbocycles. The lowest BCUT2D eigenvalue weighted by atomic mass is 9.77. The lowest BCUT2D eigenvalue weighted by molar-refractivity contribution is -0.154. The number of benzene rings is 5. The molecule has 306 valence electrons. The second-order valence-electron chi connectivity index (χ2n) is 14.1. The van der Waals surface area contributed by atoms with E-state index in [1.807, 2.05) is 115 Å². The third-order valence-electron chi connectivity index (χ3n) is 10.3. The van der Waals surface area contributed by atoms with Crippen LogP contribution < -0.4 is 10.6 Å². The van der Waals surface area contributed by atoms with Crippen molar-refractivity contribution in [3.05, 3.63) is 214 Å². The normalized spacial score (nSPS) is 16.3. The number of aromatic nitrogens is 1. The number of fused-ring (bicyclic) bond motifs is 1. The third kappa shape index (κ3) is 8.63. The molecule has 2 N–H and O–H groups in total. The molecule has 1 saturated heterocycles. The van der Waals surface area contributed by atoms with Gasteiger partial charge in [-0.2, -0.15) is 0 Å². The summed E-state index contributed by atoms with van der Waals surface area (Å²) >= 11 is 4.99. The number of nitrogens with one attached hydrogen (secondary N) is 2. The van der Waals surface area contributed by atoms with Gasteiger partial charge in [0.15, 0.2) is 16.9 Å². The zero-order chi connectivity index (χ0) is 42.2. The molecule has 2 aliphatic heterocycles. The number of amides is 2. The highest BCUT2D eigenvalue weighted by molar-refractivity contribution is 14.1. The average molecular weight is 958 g/mol. The van der Waals surface area contributed by atoms with Gasteiger partial charge in [-0.1, -0.05) is 192 Å². The van der Waals surface area contributed by atoms with Gasteiger partial charge in [0.05, 0.1) is 0 Å². The minimum Gasteiger partial charge on any atom is -0.448 e. The van der Waals surface area contributed by atoms with Crippen molar-refractivity contribution in [3.8, 4) is 0 Å². The summed E-state index contributed by atoms with van der Waals surface area (Å²) in [5.74, 6) is -1.21. The Balaban J connectivity index is 1.05. The predicted octanol–water partition coefficient (Wildman–Crippen LogP) is 8.88. The molecule has 0 unspecified atom stereocenters. The van der Waals surface area contributed by atoms with Crippen molar-refractivity contribution in [1.29, 1.82) is 0 Å². The number of hydrogen-bond acceptors (Lipinski definition) is 10. The van der Waals surface area contributed by atoms with E-state index >= 15 is 0 Å². The fourth-order valence-electron chi connectivity index (χ4n) is 7.47. The zero-order valence-corrected chi connectivity index (χ0v) is 36.5. The smallest absolute Gasteiger partial charge is 0.356 e. The van der Waals surface area contributed by atoms with Gasteiger partial charge in [-0.05, 0) is 33.4 Å². The number of esters is 1. The van der Waals surface area contributed by atoms with E-state index in [0.717, 1.165) is 33.4 Å². The van der Waals surface area contributed by atoms with Gasteiger partial charge >= 0.3 is 5.97 Å². The predicted molar refractivity (Wildman–Crippen MR) is 249 cm³/mol. The van der Waals surface area contributed by atoms with Gasteiger partial charge in [-0.3, -0.25) is 14.5 Å². The van der Waals surface area contributed by atoms with Crippen molar-refractivity contribution < 1.29 is 24.0 Å². The second kappa shape index (κ2) is 19.1. The van der Waals surface area contributed by atoms with Gasteiger partial charge in [-0.15, -0.1) is 23.1 Å². The van der Waals surface area contributed by atoms with Gasteiger partial charge in [0, 0.05) is 15.6 Å². The second-order valence-corrected chi connectivity index (χ2v) is 16.8. The van der Waals surface area contributed by atoms with Crippen LogP contribution in [0.15, 0.2) is 186 Å². The van der Waals surface area contributed by atoms with Crippen molar-refractivity contribution in [3.63, 3.8) is 0 Å². The first kappa shape index (κ1) is 41.7. The number of β-lactam (4-membered cyclic amide) rings is 1. The lowest BCUT2D eigenvalue weighted by Gasteiger charge is -2.49. The number of anilines is 1. The maximum absolute atomic E-state index is 14.2. The van der Waals surface area contributed by atoms with Crippen LogP contribution in [-0.2, 0) is 29.5 Å². The van der Waals surface area contributed by atoms with Crippen LogP contribution in [-0.4, -0.2) is 61.6 Å². The standard InChI is InChI=1S/C48H40IN5O5S2/c1-2-28-58-53-39(38-31-61-47(50-38)52-48(35-22-12-5-13-23-35,36-24-14-6-15-25-36)37-26-16-7-17-27-37)43(55)51-40-44(56)54-41(34(29-49)30-60-45(40)54)46(57)59-42(32-18-8-3-9-19-32)33-20-10-4-11-21-33/h2-27,31,40,42,45H,1,28-30H2,(H,50,52)(H,51,55)/t40-,45+/m1/s1. The van der Waals surface area contributed by atoms with Crippen LogP contribution in [0.4, 0.5) is 5.13 Å². The molecule has 0 bridgehead atoms. The van der Waals surface area contributed by atoms with E-state index in [1.165, 1.54) is 34.1 Å². The molecule has 3 heterocycles. The monoisotopic (exact) mass is 957 g/mol. The van der Waals surface area contributed by atoms with Crippen molar-refractivity contribution in [2.24, 2.45) is 5.16 Å². The number of thiazole rings is 1. The number of oxime groups is 1. The molecule has 2 amide bonds. The number of rotatable bonds is 16. The summed E-state index contributed by atoms with van der Waals surface area (Å²) in [5, 5.41) is 12.5. The van der Waals surface area contributed by atoms with Crippen LogP contribution in [0.3, 0.4) is 0 Å². The minimum atomic E-state index is -0.946. The summed E-state index contributed by atoms with van der Waals surface area (Å²) in [6, 6.07) is 48.4. The SMILES string of the molecule is C=CCON=C(C(=O)N[C@@H]1C(=O)N2C(C(=O)OC(c3ccccc3)c3ccccc3)=C(CI)CS[C@@H]12)c1csc(NC(c2ccccc2)(c2ccccc2)c2ccccc2)n1. The molecule has 2 atom stereocenters. The van der Waals surface area contributed by atoms with E-state index in [9.17, 15) is 14.4 Å². The highest BCUT2D eigenvalue weighted by Crippen LogP contribution is 2.43. The first-order valence-corrected chi connectivity index (χ1v) is 22.9. The van der Waals surface area contributed by atoms with Gasteiger partial charge in [0.1, 0.15) is 35.0 Å². The van der Waals surface area contributed by atoms with Crippen molar-refractivity contribution >= 4 is 74.3 Å². The lowest BCUT2D eigenvalue weighted by Crippen LogP contribution is -2.71. The Morgan fingerprint density at radius 2 is 1.38 bits per heavy atom. The number of halogens is 1. The highest BCUT2D eigenvalue weighted by Gasteiger charge is 2.55. The van der Waals surface area contributed by atoms with Crippen LogP contribution in [0.25, 0.3) is 0 Å². The number of hydrogen-bond donors (Lipinski definition) is 2. The molecule has 61 heavy (non-hydrogen) atoms. The number of thioether (sulfide) groups is 1. The highest BCUT2D eigenvalue weighted by atomic mass is 127. The number of alkyl halides is 1. The molecule has 1 aromatic heterocycles. The van der Waals surface area contributed by atoms with Crippen molar-refractivity contribution in [1.82, 2.24) is 15.2 Å². The van der Waals surface area contributed by atoms with Gasteiger partial charge in [0.25, 0.3) is 11.8 Å². The molecular weight excluding hydrogens is 918 g/mol. The quantitative estimate of drug-likeness (QED) is 0.0114. The van der Waals surface area contributed by atoms with E-state index in [4.69, 9.17) is 14.6 Å². The Morgan fingerprint density at radius 3 is 1.89 bits per heavy atom. The van der Waals surface area contributed by atoms with Gasteiger partial charge in [-0.25, -0.2) is 9.78 Å². The molecule has 10 nitrogen and oxygen atoms in total. The molecule has 8 rings (SSSR count). The largest absolute Gasteiger partial charge is 0.448 e. The molecule has 0 aliphatic carbocycles. The van der Waals surface area contributed by atoms with E-state index in [1.54, 1.807) is 5.38 Å². The molecule has 1 fully saturated rings. The van der Waals surface area contributed by atoms with E-state index in [2.05, 4.69) is 81.4 Å². The first-order chi connectivity index (χ1) is 29.9.